The van der Waals surface area contributed by atoms with E-state index in [1.807, 2.05) is 0 Å². The van der Waals surface area contributed by atoms with Gasteiger partial charge in [-0.05, 0) is 35.9 Å². The smallest absolute Gasteiger partial charge is 0.432 e. The molecule has 1 aromatic heterocycles. The zero-order valence-electron chi connectivity index (χ0n) is 17.0. The Hall–Kier alpha value is -4.29. The zero-order chi connectivity index (χ0) is 24.5. The van der Waals surface area contributed by atoms with E-state index in [2.05, 4.69) is 4.74 Å². The van der Waals surface area contributed by atoms with Crippen molar-refractivity contribution in [1.82, 2.24) is 4.57 Å². The fraction of sp³-hybridized carbons (Fsp3) is 0.200. The molecule has 0 aliphatic carbocycles. The number of aromatic nitrogens is 1. The Morgan fingerprint density at radius 3 is 2.30 bits per heavy atom. The van der Waals surface area contributed by atoms with Crippen LogP contribution in [-0.4, -0.2) is 40.9 Å². The predicted octanol–water partition coefficient (Wildman–Crippen LogP) is 4.61. The number of carboxylic acid groups (broad SMARTS) is 1. The van der Waals surface area contributed by atoms with Gasteiger partial charge in [0.05, 0.1) is 36.5 Å². The Kier molecular flexibility index (Phi) is 6.15. The summed E-state index contributed by atoms with van der Waals surface area (Å²) in [6, 6.07) is 6.60. The van der Waals surface area contributed by atoms with Gasteiger partial charge in [0.2, 0.25) is 5.75 Å². The number of carbonyl (C=O) groups is 2. The van der Waals surface area contributed by atoms with Gasteiger partial charge in [-0.2, -0.15) is 13.2 Å². The van der Waals surface area contributed by atoms with Gasteiger partial charge in [-0.1, -0.05) is 6.07 Å². The number of nitrogens with zero attached hydrogens (tertiary/aromatic N) is 2. The number of esters is 1. The van der Waals surface area contributed by atoms with Crippen LogP contribution in [0.3, 0.4) is 0 Å². The molecule has 2 aromatic carbocycles. The second-order valence-corrected chi connectivity index (χ2v) is 6.59. The van der Waals surface area contributed by atoms with E-state index in [9.17, 15) is 38.0 Å². The lowest BCUT2D eigenvalue weighted by Crippen LogP contribution is -2.18. The number of alkyl halides is 3. The summed E-state index contributed by atoms with van der Waals surface area (Å²) in [5.41, 5.74) is -2.49. The maximum Gasteiger partial charge on any atom is 0.432 e. The quantitative estimate of drug-likeness (QED) is 0.315. The first-order valence-corrected chi connectivity index (χ1v) is 9.02. The molecular weight excluding hydrogens is 453 g/mol. The third kappa shape index (κ3) is 4.51. The van der Waals surface area contributed by atoms with Crippen molar-refractivity contribution >= 4 is 28.7 Å². The highest BCUT2D eigenvalue weighted by atomic mass is 19.4. The topological polar surface area (TPSA) is 130 Å². The predicted molar refractivity (Wildman–Crippen MR) is 106 cm³/mol. The highest BCUT2D eigenvalue weighted by Gasteiger charge is 2.39. The van der Waals surface area contributed by atoms with Crippen molar-refractivity contribution in [3.63, 3.8) is 0 Å². The summed E-state index contributed by atoms with van der Waals surface area (Å²) < 4.78 is 55.3. The van der Waals surface area contributed by atoms with Crippen LogP contribution in [0, 0.1) is 10.1 Å². The zero-order valence-corrected chi connectivity index (χ0v) is 17.0. The van der Waals surface area contributed by atoms with Crippen molar-refractivity contribution in [2.24, 2.45) is 0 Å². The van der Waals surface area contributed by atoms with E-state index in [0.717, 1.165) is 12.1 Å². The minimum atomic E-state index is -5.08. The summed E-state index contributed by atoms with van der Waals surface area (Å²) in [5, 5.41) is 20.4. The molecule has 0 aliphatic heterocycles. The maximum absolute atomic E-state index is 13.3. The molecule has 0 unspecified atom stereocenters. The van der Waals surface area contributed by atoms with Crippen LogP contribution in [0.15, 0.2) is 36.4 Å². The highest BCUT2D eigenvalue weighted by molar-refractivity contribution is 5.98. The van der Waals surface area contributed by atoms with E-state index in [4.69, 9.17) is 9.47 Å². The van der Waals surface area contributed by atoms with E-state index in [1.54, 1.807) is 0 Å². The lowest BCUT2D eigenvalue weighted by Gasteiger charge is -2.12. The number of hydrogen-bond acceptors (Lipinski definition) is 7. The number of carbonyl (C=O) groups excluding carboxylic acids is 1. The van der Waals surface area contributed by atoms with Gasteiger partial charge >= 0.3 is 23.9 Å². The Morgan fingerprint density at radius 2 is 1.76 bits per heavy atom. The molecule has 1 N–H and O–H groups in total. The summed E-state index contributed by atoms with van der Waals surface area (Å²) in [7, 11) is 2.50. The number of nitro benzene ring substituents is 1. The minimum Gasteiger partial charge on any atom is -0.493 e. The first-order valence-electron chi connectivity index (χ1n) is 9.02. The van der Waals surface area contributed by atoms with Crippen LogP contribution in [0.1, 0.15) is 11.3 Å². The summed E-state index contributed by atoms with van der Waals surface area (Å²) in [5.74, 6) is -0.898. The standard InChI is InChI=1S/C20H15F3N2O8/c1-31-15-7-10(8-17(26)32-2)3-5-13(15)33-14-6-4-12-11(18(14)25(29)30)9-16(20(21,22)23)24(12)19(27)28/h3-7,9H,8H2,1-2H3,(H,27,28). The molecule has 0 spiro atoms. The lowest BCUT2D eigenvalue weighted by atomic mass is 10.1. The largest absolute Gasteiger partial charge is 0.493 e. The van der Waals surface area contributed by atoms with E-state index in [0.29, 0.717) is 11.6 Å². The number of benzene rings is 2. The molecule has 0 aliphatic rings. The van der Waals surface area contributed by atoms with E-state index in [1.165, 1.54) is 32.4 Å². The van der Waals surface area contributed by atoms with E-state index in [-0.39, 0.29) is 22.5 Å². The van der Waals surface area contributed by atoms with Gasteiger partial charge < -0.3 is 19.3 Å². The molecule has 0 atom stereocenters. The number of ether oxygens (including phenoxy) is 3. The second-order valence-electron chi connectivity index (χ2n) is 6.59. The van der Waals surface area contributed by atoms with Gasteiger partial charge in [0, 0.05) is 0 Å². The number of rotatable bonds is 6. The summed E-state index contributed by atoms with van der Waals surface area (Å²) in [4.78, 5) is 33.6. The number of nitro groups is 1. The van der Waals surface area contributed by atoms with Crippen molar-refractivity contribution in [2.45, 2.75) is 12.6 Å². The van der Waals surface area contributed by atoms with Gasteiger partial charge in [0.1, 0.15) is 5.69 Å². The van der Waals surface area contributed by atoms with Crippen molar-refractivity contribution in [1.29, 1.82) is 0 Å². The molecule has 0 bridgehead atoms. The first kappa shape index (κ1) is 23.4. The molecule has 0 saturated heterocycles. The molecular formula is C20H15F3N2O8. The lowest BCUT2D eigenvalue weighted by molar-refractivity contribution is -0.383. The second kappa shape index (κ2) is 8.68. The third-order valence-corrected chi connectivity index (χ3v) is 4.61. The molecule has 3 rings (SSSR count). The maximum atomic E-state index is 13.3. The number of fused-ring (bicyclic) bond motifs is 1. The van der Waals surface area contributed by atoms with Crippen LogP contribution in [0.2, 0.25) is 0 Å². The van der Waals surface area contributed by atoms with Crippen LogP contribution >= 0.6 is 0 Å². The Morgan fingerprint density at radius 1 is 1.09 bits per heavy atom. The van der Waals surface area contributed by atoms with Crippen molar-refractivity contribution < 1.29 is 47.0 Å². The SMILES string of the molecule is COC(=O)Cc1ccc(Oc2ccc3c(cc(C(F)(F)F)n3C(=O)O)c2[N+](=O)[O-])c(OC)c1. The van der Waals surface area contributed by atoms with Crippen LogP contribution in [0.25, 0.3) is 10.9 Å². The molecule has 174 valence electrons. The fourth-order valence-corrected chi connectivity index (χ4v) is 3.19. The van der Waals surface area contributed by atoms with Crippen molar-refractivity contribution in [3.05, 3.63) is 57.8 Å². The van der Waals surface area contributed by atoms with Gasteiger partial charge in [-0.15, -0.1) is 0 Å². The molecule has 3 aromatic rings. The van der Waals surface area contributed by atoms with Gasteiger partial charge in [-0.3, -0.25) is 14.9 Å². The van der Waals surface area contributed by atoms with Crippen molar-refractivity contribution in [3.8, 4) is 17.2 Å². The van der Waals surface area contributed by atoms with Gasteiger partial charge in [0.25, 0.3) is 0 Å². The van der Waals surface area contributed by atoms with Crippen LogP contribution in [0.4, 0.5) is 23.7 Å². The summed E-state index contributed by atoms with van der Waals surface area (Å²) in [6.07, 6.45) is -7.11. The molecule has 0 saturated carbocycles. The Balaban J connectivity index is 2.15. The van der Waals surface area contributed by atoms with E-state index < -0.39 is 51.2 Å². The molecule has 33 heavy (non-hydrogen) atoms. The molecule has 13 heteroatoms. The fourth-order valence-electron chi connectivity index (χ4n) is 3.19. The highest BCUT2D eigenvalue weighted by Crippen LogP contribution is 2.43. The Labute approximate surface area is 182 Å². The number of methoxy groups -OCH3 is 2. The van der Waals surface area contributed by atoms with Crippen molar-refractivity contribution in [2.75, 3.05) is 14.2 Å². The molecule has 0 amide bonds. The van der Waals surface area contributed by atoms with Gasteiger partial charge in [-0.25, -0.2) is 9.36 Å². The van der Waals surface area contributed by atoms with Crippen LogP contribution < -0.4 is 9.47 Å². The minimum absolute atomic E-state index is 0.0257. The Bertz CT molecular complexity index is 1270. The number of halogens is 3. The van der Waals surface area contributed by atoms with Gasteiger partial charge in [0.15, 0.2) is 11.5 Å². The summed E-state index contributed by atoms with van der Waals surface area (Å²) in [6.45, 7) is 0. The average molecular weight is 468 g/mol. The normalized spacial score (nSPS) is 11.3. The number of hydrogen-bond donors (Lipinski definition) is 1. The molecule has 0 radical (unpaired) electrons. The van der Waals surface area contributed by atoms with Crippen LogP contribution in [-0.2, 0) is 22.1 Å². The molecule has 1 heterocycles. The van der Waals surface area contributed by atoms with E-state index >= 15 is 0 Å². The third-order valence-electron chi connectivity index (χ3n) is 4.61. The molecule has 0 fully saturated rings. The molecule has 10 nitrogen and oxygen atoms in total. The van der Waals surface area contributed by atoms with Crippen LogP contribution in [0.5, 0.6) is 17.2 Å². The monoisotopic (exact) mass is 468 g/mol. The average Bonchev–Trinajstić information content (AvgIpc) is 3.14. The summed E-state index contributed by atoms with van der Waals surface area (Å²) >= 11 is 0. The first-order chi connectivity index (χ1) is 15.5.